The molecule has 2 aromatic rings. The van der Waals surface area contributed by atoms with Gasteiger partial charge in [0.15, 0.2) is 5.78 Å². The molecule has 1 heterocycles. The maximum atomic E-state index is 12.8. The quantitative estimate of drug-likeness (QED) is 0.583. The van der Waals surface area contributed by atoms with Gasteiger partial charge in [-0.15, -0.1) is 0 Å². The van der Waals surface area contributed by atoms with Crippen molar-refractivity contribution in [2.24, 2.45) is 0 Å². The first-order valence-corrected chi connectivity index (χ1v) is 8.12. The van der Waals surface area contributed by atoms with Gasteiger partial charge in [0.1, 0.15) is 11.6 Å². The summed E-state index contributed by atoms with van der Waals surface area (Å²) >= 11 is 0. The van der Waals surface area contributed by atoms with Crippen LogP contribution in [-0.2, 0) is 0 Å². The van der Waals surface area contributed by atoms with Gasteiger partial charge in [-0.3, -0.25) is 4.79 Å². The van der Waals surface area contributed by atoms with E-state index in [2.05, 4.69) is 17.2 Å². The number of pyridine rings is 1. The molecule has 0 amide bonds. The molecule has 0 aliphatic carbocycles. The Kier molecular flexibility index (Phi) is 6.15. The van der Waals surface area contributed by atoms with E-state index in [-0.39, 0.29) is 11.9 Å². The molecule has 0 unspecified atom stereocenters. The Labute approximate surface area is 137 Å². The van der Waals surface area contributed by atoms with Crippen molar-refractivity contribution < 1.29 is 9.53 Å². The average molecular weight is 312 g/mol. The molecule has 0 fully saturated rings. The summed E-state index contributed by atoms with van der Waals surface area (Å²) in [5.74, 6) is 1.29. The van der Waals surface area contributed by atoms with Gasteiger partial charge in [-0.25, -0.2) is 4.98 Å². The van der Waals surface area contributed by atoms with Crippen LogP contribution in [0, 0.1) is 0 Å². The maximum Gasteiger partial charge on any atom is 0.196 e. The number of rotatable bonds is 8. The van der Waals surface area contributed by atoms with Crippen molar-refractivity contribution in [2.45, 2.75) is 39.7 Å². The van der Waals surface area contributed by atoms with Crippen molar-refractivity contribution in [1.29, 1.82) is 0 Å². The molecule has 1 N–H and O–H groups in total. The fraction of sp³-hybridized carbons (Fsp3) is 0.368. The van der Waals surface area contributed by atoms with Crippen molar-refractivity contribution in [3.63, 3.8) is 0 Å². The number of nitrogens with zero attached hydrogens (tertiary/aromatic N) is 1. The third-order valence-corrected chi connectivity index (χ3v) is 3.34. The molecule has 23 heavy (non-hydrogen) atoms. The molecule has 4 nitrogen and oxygen atoms in total. The number of nitrogens with one attached hydrogen (secondary N) is 1. The number of carbonyl (C=O) groups excluding carboxylic acids is 1. The van der Waals surface area contributed by atoms with E-state index in [1.54, 1.807) is 30.5 Å². The molecule has 0 atom stereocenters. The van der Waals surface area contributed by atoms with Gasteiger partial charge in [0.25, 0.3) is 0 Å². The number of benzene rings is 1. The third kappa shape index (κ3) is 4.81. The standard InChI is InChI=1S/C19H24N2O2/c1-4-5-11-20-19-17(10-7-12-21-19)18(22)15-8-6-9-16(13-15)23-14(2)3/h6-10,12-14H,4-5,11H2,1-3H3,(H,20,21). The fourth-order valence-corrected chi connectivity index (χ4v) is 2.25. The lowest BCUT2D eigenvalue weighted by atomic mass is 10.0. The van der Waals surface area contributed by atoms with Crippen LogP contribution in [0.25, 0.3) is 0 Å². The van der Waals surface area contributed by atoms with E-state index in [0.29, 0.717) is 22.7 Å². The lowest BCUT2D eigenvalue weighted by molar-refractivity contribution is 0.103. The highest BCUT2D eigenvalue weighted by atomic mass is 16.5. The van der Waals surface area contributed by atoms with Crippen LogP contribution in [0.5, 0.6) is 5.75 Å². The number of ether oxygens (including phenoxy) is 1. The zero-order valence-electron chi connectivity index (χ0n) is 14.0. The zero-order chi connectivity index (χ0) is 16.7. The smallest absolute Gasteiger partial charge is 0.196 e. The first-order chi connectivity index (χ1) is 11.1. The van der Waals surface area contributed by atoms with Gasteiger partial charge in [-0.2, -0.15) is 0 Å². The van der Waals surface area contributed by atoms with Crippen LogP contribution >= 0.6 is 0 Å². The molecule has 0 spiro atoms. The minimum absolute atomic E-state index is 0.0497. The Balaban J connectivity index is 2.23. The monoisotopic (exact) mass is 312 g/mol. The molecule has 0 bridgehead atoms. The Morgan fingerprint density at radius 2 is 2.09 bits per heavy atom. The molecule has 0 aliphatic rings. The van der Waals surface area contributed by atoms with Crippen LogP contribution in [0.3, 0.4) is 0 Å². The molecule has 0 radical (unpaired) electrons. The topological polar surface area (TPSA) is 51.2 Å². The van der Waals surface area contributed by atoms with E-state index in [4.69, 9.17) is 4.74 Å². The maximum absolute atomic E-state index is 12.8. The first kappa shape index (κ1) is 17.0. The minimum atomic E-state index is -0.0497. The predicted molar refractivity (Wildman–Crippen MR) is 93.3 cm³/mol. The largest absolute Gasteiger partial charge is 0.491 e. The Morgan fingerprint density at radius 1 is 1.26 bits per heavy atom. The van der Waals surface area contributed by atoms with Crippen LogP contribution < -0.4 is 10.1 Å². The number of aromatic nitrogens is 1. The lowest BCUT2D eigenvalue weighted by Gasteiger charge is -2.12. The highest BCUT2D eigenvalue weighted by Crippen LogP contribution is 2.21. The summed E-state index contributed by atoms with van der Waals surface area (Å²) in [6, 6.07) is 10.9. The molecule has 0 saturated heterocycles. The van der Waals surface area contributed by atoms with E-state index in [1.165, 1.54) is 0 Å². The number of carbonyl (C=O) groups is 1. The second-order valence-electron chi connectivity index (χ2n) is 5.70. The first-order valence-electron chi connectivity index (χ1n) is 8.12. The molecular formula is C19H24N2O2. The molecule has 0 aliphatic heterocycles. The summed E-state index contributed by atoms with van der Waals surface area (Å²) in [4.78, 5) is 17.1. The van der Waals surface area contributed by atoms with E-state index in [1.807, 2.05) is 26.0 Å². The lowest BCUT2D eigenvalue weighted by Crippen LogP contribution is -2.11. The summed E-state index contributed by atoms with van der Waals surface area (Å²) in [7, 11) is 0. The fourth-order valence-electron chi connectivity index (χ4n) is 2.25. The number of hydrogen-bond donors (Lipinski definition) is 1. The van der Waals surface area contributed by atoms with Crippen LogP contribution in [0.1, 0.15) is 49.5 Å². The molecule has 4 heteroatoms. The van der Waals surface area contributed by atoms with E-state index >= 15 is 0 Å². The van der Waals surface area contributed by atoms with Gasteiger partial charge in [0.2, 0.25) is 0 Å². The van der Waals surface area contributed by atoms with Crippen LogP contribution in [0.2, 0.25) is 0 Å². The molecule has 122 valence electrons. The Bertz CT molecular complexity index is 653. The second kappa shape index (κ2) is 8.32. The van der Waals surface area contributed by atoms with Crippen molar-refractivity contribution >= 4 is 11.6 Å². The van der Waals surface area contributed by atoms with Gasteiger partial charge in [-0.1, -0.05) is 25.5 Å². The number of unbranched alkanes of at least 4 members (excludes halogenated alkanes) is 1. The number of hydrogen-bond acceptors (Lipinski definition) is 4. The molecule has 1 aromatic heterocycles. The highest BCUT2D eigenvalue weighted by molar-refractivity contribution is 6.12. The summed E-state index contributed by atoms with van der Waals surface area (Å²) in [5.41, 5.74) is 1.19. The predicted octanol–water partition coefficient (Wildman–Crippen LogP) is 4.31. The van der Waals surface area contributed by atoms with Gasteiger partial charge < -0.3 is 10.1 Å². The Hall–Kier alpha value is -2.36. The zero-order valence-corrected chi connectivity index (χ0v) is 14.0. The molecule has 0 saturated carbocycles. The van der Waals surface area contributed by atoms with Crippen molar-refractivity contribution in [3.05, 3.63) is 53.7 Å². The van der Waals surface area contributed by atoms with Crippen molar-refractivity contribution in [1.82, 2.24) is 4.98 Å². The minimum Gasteiger partial charge on any atom is -0.491 e. The van der Waals surface area contributed by atoms with Crippen LogP contribution in [0.15, 0.2) is 42.6 Å². The van der Waals surface area contributed by atoms with Crippen molar-refractivity contribution in [3.8, 4) is 5.75 Å². The average Bonchev–Trinajstić information content (AvgIpc) is 2.54. The van der Waals surface area contributed by atoms with E-state index in [0.717, 1.165) is 19.4 Å². The SMILES string of the molecule is CCCCNc1ncccc1C(=O)c1cccc(OC(C)C)c1. The van der Waals surface area contributed by atoms with Gasteiger partial charge in [0, 0.05) is 18.3 Å². The van der Waals surface area contributed by atoms with Crippen LogP contribution in [0.4, 0.5) is 5.82 Å². The second-order valence-corrected chi connectivity index (χ2v) is 5.70. The van der Waals surface area contributed by atoms with Crippen LogP contribution in [-0.4, -0.2) is 23.4 Å². The normalized spacial score (nSPS) is 10.6. The molecular weight excluding hydrogens is 288 g/mol. The summed E-state index contributed by atoms with van der Waals surface area (Å²) in [5, 5.41) is 3.25. The van der Waals surface area contributed by atoms with Gasteiger partial charge in [-0.05, 0) is 44.5 Å². The highest BCUT2D eigenvalue weighted by Gasteiger charge is 2.15. The number of anilines is 1. The Morgan fingerprint density at radius 3 is 2.83 bits per heavy atom. The molecule has 1 aromatic carbocycles. The van der Waals surface area contributed by atoms with Crippen molar-refractivity contribution in [2.75, 3.05) is 11.9 Å². The third-order valence-electron chi connectivity index (χ3n) is 3.34. The van der Waals surface area contributed by atoms with E-state index < -0.39 is 0 Å². The molecule has 2 rings (SSSR count). The summed E-state index contributed by atoms with van der Waals surface area (Å²) in [6.45, 7) is 6.87. The number of ketones is 1. The summed E-state index contributed by atoms with van der Waals surface area (Å²) in [6.07, 6.45) is 3.91. The van der Waals surface area contributed by atoms with Gasteiger partial charge in [0.05, 0.1) is 11.7 Å². The summed E-state index contributed by atoms with van der Waals surface area (Å²) < 4.78 is 5.67. The van der Waals surface area contributed by atoms with Gasteiger partial charge >= 0.3 is 0 Å². The van der Waals surface area contributed by atoms with E-state index in [9.17, 15) is 4.79 Å².